The van der Waals surface area contributed by atoms with Crippen LogP contribution in [0.2, 0.25) is 0 Å². The maximum Gasteiger partial charge on any atom is 0.227 e. The van der Waals surface area contributed by atoms with Crippen molar-refractivity contribution < 1.29 is 4.79 Å². The molecule has 1 saturated carbocycles. The van der Waals surface area contributed by atoms with Crippen LogP contribution < -0.4 is 15.5 Å². The highest BCUT2D eigenvalue weighted by Crippen LogP contribution is 2.45. The highest BCUT2D eigenvalue weighted by Gasteiger charge is 2.34. The number of nitrogens with one attached hydrogen (secondary N) is 2. The highest BCUT2D eigenvalue weighted by molar-refractivity contribution is 7.19. The minimum atomic E-state index is -0.166. The monoisotopic (exact) mass is 526 g/mol. The van der Waals surface area contributed by atoms with E-state index in [-0.39, 0.29) is 11.8 Å². The Hall–Kier alpha value is -3.52. The van der Waals surface area contributed by atoms with Gasteiger partial charge in [-0.2, -0.15) is 0 Å². The summed E-state index contributed by atoms with van der Waals surface area (Å²) in [6.07, 6.45) is 11.4. The maximum atomic E-state index is 13.3. The molecule has 1 unspecified atom stereocenters. The molecule has 0 spiro atoms. The van der Waals surface area contributed by atoms with Crippen LogP contribution in [0.25, 0.3) is 10.2 Å². The molecule has 3 heterocycles. The fourth-order valence-corrected chi connectivity index (χ4v) is 7.33. The number of hydrogen-bond acceptors (Lipinski definition) is 7. The average molecular weight is 527 g/mol. The smallest absolute Gasteiger partial charge is 0.227 e. The first-order chi connectivity index (χ1) is 18.6. The number of benzene rings is 1. The van der Waals surface area contributed by atoms with Crippen molar-refractivity contribution >= 4 is 39.0 Å². The van der Waals surface area contributed by atoms with Crippen molar-refractivity contribution in [1.82, 2.24) is 20.3 Å². The van der Waals surface area contributed by atoms with Crippen LogP contribution in [0.5, 0.6) is 0 Å². The molecule has 7 nitrogen and oxygen atoms in total. The fourth-order valence-electron chi connectivity index (χ4n) is 6.12. The lowest BCUT2D eigenvalue weighted by molar-refractivity contribution is -0.122. The number of aromatic nitrogens is 3. The van der Waals surface area contributed by atoms with E-state index in [9.17, 15) is 4.79 Å². The normalized spacial score (nSPS) is 20.7. The molecule has 0 saturated heterocycles. The Balaban J connectivity index is 1.16. The fraction of sp³-hybridized carbons (Fsp3) is 0.400. The SMILES string of the molecule is Cc1ccccc1N(C)C1CCC(Nc2ncnc3sc4c(c23)C(C(=O)NCc2cccnc2)CC4)CC1. The van der Waals surface area contributed by atoms with Crippen LogP contribution in [-0.2, 0) is 17.8 Å². The third-order valence-electron chi connectivity index (χ3n) is 8.20. The number of carbonyl (C=O) groups is 1. The predicted molar refractivity (Wildman–Crippen MR) is 154 cm³/mol. The van der Waals surface area contributed by atoms with Crippen molar-refractivity contribution in [3.63, 3.8) is 0 Å². The first kappa shape index (κ1) is 24.8. The molecule has 0 radical (unpaired) electrons. The molecule has 2 N–H and O–H groups in total. The number of amides is 1. The highest BCUT2D eigenvalue weighted by atomic mass is 32.1. The number of thiophene rings is 1. The van der Waals surface area contributed by atoms with Crippen molar-refractivity contribution in [2.24, 2.45) is 0 Å². The Kier molecular flexibility index (Phi) is 6.98. The second-order valence-electron chi connectivity index (χ2n) is 10.6. The summed E-state index contributed by atoms with van der Waals surface area (Å²) in [4.78, 5) is 31.4. The number of aryl methyl sites for hydroxylation is 2. The molecule has 1 atom stereocenters. The number of nitrogens with zero attached hydrogens (tertiary/aromatic N) is 4. The Labute approximate surface area is 227 Å². The molecule has 0 bridgehead atoms. The molecule has 3 aromatic heterocycles. The lowest BCUT2D eigenvalue weighted by Crippen LogP contribution is -2.38. The van der Waals surface area contributed by atoms with Crippen LogP contribution >= 0.6 is 11.3 Å². The quantitative estimate of drug-likeness (QED) is 0.326. The average Bonchev–Trinajstić information content (AvgIpc) is 3.52. The number of carbonyl (C=O) groups excluding carboxylic acids is 1. The molecule has 38 heavy (non-hydrogen) atoms. The van der Waals surface area contributed by atoms with E-state index in [4.69, 9.17) is 0 Å². The molecule has 6 rings (SSSR count). The molecule has 2 aliphatic rings. The number of fused-ring (bicyclic) bond motifs is 3. The molecule has 1 amide bonds. The van der Waals surface area contributed by atoms with Crippen molar-refractivity contribution in [2.75, 3.05) is 17.3 Å². The van der Waals surface area contributed by atoms with Gasteiger partial charge in [-0.1, -0.05) is 24.3 Å². The molecule has 2 aliphatic carbocycles. The van der Waals surface area contributed by atoms with Crippen molar-refractivity contribution in [3.05, 3.63) is 76.7 Å². The molecule has 4 aromatic rings. The van der Waals surface area contributed by atoms with Gasteiger partial charge in [0.2, 0.25) is 5.91 Å². The third-order valence-corrected chi connectivity index (χ3v) is 9.37. The number of anilines is 2. The minimum absolute atomic E-state index is 0.0712. The zero-order chi connectivity index (χ0) is 26.1. The lowest BCUT2D eigenvalue weighted by atomic mass is 9.89. The Morgan fingerprint density at radius 2 is 1.92 bits per heavy atom. The molecular weight excluding hydrogens is 492 g/mol. The Morgan fingerprint density at radius 3 is 2.71 bits per heavy atom. The largest absolute Gasteiger partial charge is 0.371 e. The van der Waals surface area contributed by atoms with E-state index in [1.807, 2.05) is 12.1 Å². The predicted octanol–water partition coefficient (Wildman–Crippen LogP) is 5.60. The Bertz CT molecular complexity index is 1430. The summed E-state index contributed by atoms with van der Waals surface area (Å²) >= 11 is 1.71. The van der Waals surface area contributed by atoms with Crippen LogP contribution in [0, 0.1) is 6.92 Å². The van der Waals surface area contributed by atoms with Crippen LogP contribution in [-0.4, -0.2) is 40.0 Å². The van der Waals surface area contributed by atoms with Gasteiger partial charge in [0.25, 0.3) is 0 Å². The van der Waals surface area contributed by atoms with Gasteiger partial charge in [0.05, 0.1) is 11.3 Å². The van der Waals surface area contributed by atoms with Gasteiger partial charge in [0.1, 0.15) is 17.0 Å². The number of para-hydroxylation sites is 1. The number of pyridine rings is 1. The summed E-state index contributed by atoms with van der Waals surface area (Å²) < 4.78 is 0. The second kappa shape index (κ2) is 10.7. The minimum Gasteiger partial charge on any atom is -0.371 e. The van der Waals surface area contributed by atoms with E-state index in [0.29, 0.717) is 18.6 Å². The van der Waals surface area contributed by atoms with Crippen molar-refractivity contribution in [1.29, 1.82) is 0 Å². The van der Waals surface area contributed by atoms with Crippen LogP contribution in [0.1, 0.15) is 59.6 Å². The second-order valence-corrected chi connectivity index (χ2v) is 11.6. The number of hydrogen-bond donors (Lipinski definition) is 2. The van der Waals surface area contributed by atoms with E-state index in [1.54, 1.807) is 30.1 Å². The molecule has 1 fully saturated rings. The molecule has 1 aromatic carbocycles. The third kappa shape index (κ3) is 4.85. The van der Waals surface area contributed by atoms with E-state index in [2.05, 4.69) is 68.7 Å². The van der Waals surface area contributed by atoms with E-state index in [0.717, 1.165) is 65.7 Å². The molecule has 0 aliphatic heterocycles. The summed E-state index contributed by atoms with van der Waals surface area (Å²) in [6.45, 7) is 2.67. The summed E-state index contributed by atoms with van der Waals surface area (Å²) in [5.74, 6) is 0.789. The lowest BCUT2D eigenvalue weighted by Gasteiger charge is -2.37. The zero-order valence-corrected chi connectivity index (χ0v) is 22.8. The van der Waals surface area contributed by atoms with Crippen molar-refractivity contribution in [3.8, 4) is 0 Å². The van der Waals surface area contributed by atoms with Gasteiger partial charge >= 0.3 is 0 Å². The zero-order valence-electron chi connectivity index (χ0n) is 22.0. The number of rotatable bonds is 7. The Morgan fingerprint density at radius 1 is 1.08 bits per heavy atom. The van der Waals surface area contributed by atoms with Gasteiger partial charge in [-0.3, -0.25) is 9.78 Å². The molecular formula is C30H34N6OS. The molecule has 196 valence electrons. The van der Waals surface area contributed by atoms with Crippen LogP contribution in [0.15, 0.2) is 55.1 Å². The van der Waals surface area contributed by atoms with Gasteiger partial charge < -0.3 is 15.5 Å². The molecule has 8 heteroatoms. The first-order valence-electron chi connectivity index (χ1n) is 13.6. The first-order valence-corrected chi connectivity index (χ1v) is 14.4. The maximum absolute atomic E-state index is 13.3. The van der Waals surface area contributed by atoms with Gasteiger partial charge in [-0.15, -0.1) is 11.3 Å². The van der Waals surface area contributed by atoms with Gasteiger partial charge in [0, 0.05) is 48.6 Å². The summed E-state index contributed by atoms with van der Waals surface area (Å²) in [5.41, 5.74) is 4.78. The summed E-state index contributed by atoms with van der Waals surface area (Å²) in [7, 11) is 2.23. The van der Waals surface area contributed by atoms with E-state index < -0.39 is 0 Å². The van der Waals surface area contributed by atoms with Crippen LogP contribution in [0.3, 0.4) is 0 Å². The van der Waals surface area contributed by atoms with E-state index >= 15 is 0 Å². The summed E-state index contributed by atoms with van der Waals surface area (Å²) in [6, 6.07) is 13.4. The van der Waals surface area contributed by atoms with Gasteiger partial charge in [-0.05, 0) is 74.3 Å². The topological polar surface area (TPSA) is 83.0 Å². The summed E-state index contributed by atoms with van der Waals surface area (Å²) in [5, 5.41) is 7.94. The van der Waals surface area contributed by atoms with E-state index in [1.165, 1.54) is 16.1 Å². The van der Waals surface area contributed by atoms with Crippen LogP contribution in [0.4, 0.5) is 11.5 Å². The van der Waals surface area contributed by atoms with Gasteiger partial charge in [0.15, 0.2) is 0 Å². The standard InChI is InChI=1S/C30H34N6OS/c1-19-6-3-4-8-24(19)36(2)22-11-9-21(10-12-22)35-28-27-26-23(13-14-25(26)38-30(27)34-18-33-28)29(37)32-17-20-7-5-15-31-16-20/h3-8,15-16,18,21-23H,9-14,17H2,1-2H3,(H,32,37)(H,33,34,35). The van der Waals surface area contributed by atoms with Gasteiger partial charge in [-0.25, -0.2) is 9.97 Å². The van der Waals surface area contributed by atoms with Crippen molar-refractivity contribution in [2.45, 2.75) is 70.0 Å².